The smallest absolute Gasteiger partial charge is 0.276 e. The highest BCUT2D eigenvalue weighted by molar-refractivity contribution is 6.02. The molecule has 2 aromatic rings. The average molecular weight is 297 g/mol. The van der Waals surface area contributed by atoms with E-state index >= 15 is 0 Å². The van der Waals surface area contributed by atoms with Gasteiger partial charge in [0.1, 0.15) is 5.69 Å². The summed E-state index contributed by atoms with van der Waals surface area (Å²) >= 11 is 0. The molecule has 0 spiro atoms. The van der Waals surface area contributed by atoms with Crippen LogP contribution in [0.25, 0.3) is 0 Å². The van der Waals surface area contributed by atoms with Crippen LogP contribution >= 0.6 is 0 Å². The van der Waals surface area contributed by atoms with Crippen molar-refractivity contribution in [3.05, 3.63) is 57.8 Å². The number of rotatable bonds is 3. The molecule has 0 radical (unpaired) electrons. The van der Waals surface area contributed by atoms with Crippen molar-refractivity contribution < 1.29 is 18.0 Å². The monoisotopic (exact) mass is 297 g/mol. The van der Waals surface area contributed by atoms with Crippen LogP contribution in [-0.2, 0) is 6.54 Å². The number of hydrogen-bond acceptors (Lipinski definition) is 3. The van der Waals surface area contributed by atoms with Gasteiger partial charge < -0.3 is 5.32 Å². The summed E-state index contributed by atoms with van der Waals surface area (Å²) in [5.74, 6) is -5.39. The lowest BCUT2D eigenvalue weighted by molar-refractivity contribution is 0.101. The molecule has 0 atom stereocenters. The number of aryl methyl sites for hydroxylation is 1. The van der Waals surface area contributed by atoms with Crippen molar-refractivity contribution in [1.82, 2.24) is 9.78 Å². The maximum Gasteiger partial charge on any atom is 0.276 e. The highest BCUT2D eigenvalue weighted by Crippen LogP contribution is 2.19. The second-order valence-electron chi connectivity index (χ2n) is 4.05. The van der Waals surface area contributed by atoms with Crippen LogP contribution in [-0.4, -0.2) is 15.7 Å². The van der Waals surface area contributed by atoms with Gasteiger partial charge in [-0.05, 0) is 25.1 Å². The third-order valence-corrected chi connectivity index (χ3v) is 2.68. The zero-order valence-electron chi connectivity index (χ0n) is 10.9. The third kappa shape index (κ3) is 2.93. The molecular weight excluding hydrogens is 287 g/mol. The highest BCUT2D eigenvalue weighted by Gasteiger charge is 2.17. The number of nitrogens with one attached hydrogen (secondary N) is 1. The predicted octanol–water partition coefficient (Wildman–Crippen LogP) is 1.93. The molecule has 2 rings (SSSR count). The van der Waals surface area contributed by atoms with Gasteiger partial charge in [-0.3, -0.25) is 9.59 Å². The number of anilines is 1. The minimum atomic E-state index is -1.68. The molecule has 0 aliphatic rings. The molecule has 0 aliphatic heterocycles. The van der Waals surface area contributed by atoms with Crippen LogP contribution in [0.3, 0.4) is 0 Å². The Balaban J connectivity index is 2.30. The Morgan fingerprint density at radius 1 is 1.19 bits per heavy atom. The number of nitrogens with zero attached hydrogens (tertiary/aromatic N) is 2. The van der Waals surface area contributed by atoms with Gasteiger partial charge in [-0.2, -0.15) is 5.10 Å². The molecule has 0 aliphatic carbocycles. The average Bonchev–Trinajstić information content (AvgIpc) is 2.48. The quantitative estimate of drug-likeness (QED) is 0.881. The van der Waals surface area contributed by atoms with E-state index in [4.69, 9.17) is 0 Å². The Kier molecular flexibility index (Phi) is 4.06. The lowest BCUT2D eigenvalue weighted by atomic mass is 10.2. The van der Waals surface area contributed by atoms with Gasteiger partial charge in [0.2, 0.25) is 0 Å². The SMILES string of the molecule is CCn1nc(C(=O)Nc2ccc(F)c(F)c2F)ccc1=O. The fourth-order valence-corrected chi connectivity index (χ4v) is 1.61. The number of halogens is 3. The van der Waals surface area contributed by atoms with E-state index in [2.05, 4.69) is 10.4 Å². The number of benzene rings is 1. The van der Waals surface area contributed by atoms with Gasteiger partial charge in [0, 0.05) is 12.6 Å². The number of amides is 1. The normalized spacial score (nSPS) is 10.5. The van der Waals surface area contributed by atoms with Gasteiger partial charge in [-0.1, -0.05) is 0 Å². The van der Waals surface area contributed by atoms with Crippen LogP contribution < -0.4 is 10.9 Å². The van der Waals surface area contributed by atoms with E-state index in [1.165, 1.54) is 0 Å². The second-order valence-corrected chi connectivity index (χ2v) is 4.05. The lowest BCUT2D eigenvalue weighted by Gasteiger charge is -2.08. The first kappa shape index (κ1) is 14.8. The van der Waals surface area contributed by atoms with E-state index in [0.717, 1.165) is 22.9 Å². The van der Waals surface area contributed by atoms with Crippen LogP contribution in [0.15, 0.2) is 29.1 Å². The molecule has 1 N–H and O–H groups in total. The first-order valence-electron chi connectivity index (χ1n) is 5.97. The predicted molar refractivity (Wildman–Crippen MR) is 68.4 cm³/mol. The van der Waals surface area contributed by atoms with Gasteiger partial charge in [-0.25, -0.2) is 17.9 Å². The molecule has 0 unspecified atom stereocenters. The van der Waals surface area contributed by atoms with Crippen LogP contribution in [0.4, 0.5) is 18.9 Å². The Morgan fingerprint density at radius 2 is 1.90 bits per heavy atom. The molecule has 8 heteroatoms. The maximum absolute atomic E-state index is 13.4. The summed E-state index contributed by atoms with van der Waals surface area (Å²) < 4.78 is 40.3. The Morgan fingerprint density at radius 3 is 2.57 bits per heavy atom. The molecule has 5 nitrogen and oxygen atoms in total. The van der Waals surface area contributed by atoms with Gasteiger partial charge in [0.05, 0.1) is 5.69 Å². The Hall–Kier alpha value is -2.64. The number of aromatic nitrogens is 2. The van der Waals surface area contributed by atoms with Crippen molar-refractivity contribution in [2.45, 2.75) is 13.5 Å². The molecule has 110 valence electrons. The first-order valence-corrected chi connectivity index (χ1v) is 5.97. The van der Waals surface area contributed by atoms with E-state index < -0.39 is 34.6 Å². The fourth-order valence-electron chi connectivity index (χ4n) is 1.61. The van der Waals surface area contributed by atoms with Crippen LogP contribution in [0, 0.1) is 17.5 Å². The van der Waals surface area contributed by atoms with Gasteiger partial charge in [0.15, 0.2) is 17.5 Å². The standard InChI is InChI=1S/C13H10F3N3O2/c1-2-19-10(20)6-5-9(18-19)13(21)17-8-4-3-7(14)11(15)12(8)16/h3-6H,2H2,1H3,(H,17,21). The Labute approximate surface area is 117 Å². The van der Waals surface area contributed by atoms with Crippen LogP contribution in [0.5, 0.6) is 0 Å². The summed E-state index contributed by atoms with van der Waals surface area (Å²) in [6, 6.07) is 3.87. The molecule has 1 heterocycles. The number of carbonyl (C=O) groups is 1. The fraction of sp³-hybridized carbons (Fsp3) is 0.154. The third-order valence-electron chi connectivity index (χ3n) is 2.68. The topological polar surface area (TPSA) is 64.0 Å². The largest absolute Gasteiger partial charge is 0.318 e. The summed E-state index contributed by atoms with van der Waals surface area (Å²) in [4.78, 5) is 23.2. The molecule has 0 bridgehead atoms. The van der Waals surface area contributed by atoms with Gasteiger partial charge >= 0.3 is 0 Å². The molecule has 1 aromatic heterocycles. The van der Waals surface area contributed by atoms with Crippen molar-refractivity contribution in [2.24, 2.45) is 0 Å². The molecular formula is C13H10F3N3O2. The van der Waals surface area contributed by atoms with Crippen molar-refractivity contribution in [2.75, 3.05) is 5.32 Å². The first-order chi connectivity index (χ1) is 9.93. The van der Waals surface area contributed by atoms with Crippen molar-refractivity contribution in [3.8, 4) is 0 Å². The van der Waals surface area contributed by atoms with Crippen molar-refractivity contribution >= 4 is 11.6 Å². The minimum Gasteiger partial charge on any atom is -0.318 e. The maximum atomic E-state index is 13.4. The van der Waals surface area contributed by atoms with E-state index in [9.17, 15) is 22.8 Å². The van der Waals surface area contributed by atoms with Crippen LogP contribution in [0.1, 0.15) is 17.4 Å². The number of hydrogen-bond donors (Lipinski definition) is 1. The molecule has 21 heavy (non-hydrogen) atoms. The summed E-state index contributed by atoms with van der Waals surface area (Å²) in [6.45, 7) is 1.91. The zero-order valence-corrected chi connectivity index (χ0v) is 10.9. The van der Waals surface area contributed by atoms with E-state index in [0.29, 0.717) is 6.07 Å². The Bertz CT molecular complexity index is 759. The van der Waals surface area contributed by atoms with E-state index in [-0.39, 0.29) is 12.2 Å². The molecule has 1 amide bonds. The summed E-state index contributed by atoms with van der Waals surface area (Å²) in [5.41, 5.74) is -1.07. The second kappa shape index (κ2) is 5.78. The van der Waals surface area contributed by atoms with E-state index in [1.807, 2.05) is 0 Å². The molecule has 1 aromatic carbocycles. The molecule has 0 saturated carbocycles. The summed E-state index contributed by atoms with van der Waals surface area (Å²) in [6.07, 6.45) is 0. The summed E-state index contributed by atoms with van der Waals surface area (Å²) in [5, 5.41) is 5.83. The zero-order chi connectivity index (χ0) is 15.6. The molecule has 0 saturated heterocycles. The molecule has 0 fully saturated rings. The number of carbonyl (C=O) groups excluding carboxylic acids is 1. The van der Waals surface area contributed by atoms with Gasteiger partial charge in [0.25, 0.3) is 11.5 Å². The van der Waals surface area contributed by atoms with Crippen molar-refractivity contribution in [3.63, 3.8) is 0 Å². The lowest BCUT2D eigenvalue weighted by Crippen LogP contribution is -2.25. The van der Waals surface area contributed by atoms with Crippen LogP contribution in [0.2, 0.25) is 0 Å². The van der Waals surface area contributed by atoms with Crippen molar-refractivity contribution in [1.29, 1.82) is 0 Å². The summed E-state index contributed by atoms with van der Waals surface area (Å²) in [7, 11) is 0. The highest BCUT2D eigenvalue weighted by atomic mass is 19.2. The van der Waals surface area contributed by atoms with Gasteiger partial charge in [-0.15, -0.1) is 0 Å². The minimum absolute atomic E-state index is 0.152. The van der Waals surface area contributed by atoms with E-state index in [1.54, 1.807) is 6.92 Å².